The third-order valence-electron chi connectivity index (χ3n) is 2.95. The van der Waals surface area contributed by atoms with E-state index in [4.69, 9.17) is 0 Å². The Morgan fingerprint density at radius 3 is 2.53 bits per heavy atom. The van der Waals surface area contributed by atoms with Crippen molar-refractivity contribution in [2.24, 2.45) is 7.05 Å². The summed E-state index contributed by atoms with van der Waals surface area (Å²) in [5.74, 6) is 0. The number of benzene rings is 1. The maximum Gasteiger partial charge on any atom is 0.0949 e. The number of aryl methyl sites for hydroxylation is 2. The van der Waals surface area contributed by atoms with E-state index < -0.39 is 0 Å². The molecule has 0 aliphatic rings. The van der Waals surface area contributed by atoms with E-state index in [1.165, 1.54) is 22.5 Å². The largest absolute Gasteiger partial charge is 0.338 e. The Morgan fingerprint density at radius 1 is 1.20 bits per heavy atom. The molecule has 15 heavy (non-hydrogen) atoms. The number of imidazole rings is 1. The zero-order valence-electron chi connectivity index (χ0n) is 9.49. The van der Waals surface area contributed by atoms with Gasteiger partial charge in [-0.1, -0.05) is 24.3 Å². The lowest BCUT2D eigenvalue weighted by molar-refractivity contribution is 0.868. The van der Waals surface area contributed by atoms with Crippen molar-refractivity contribution in [2.75, 3.05) is 0 Å². The highest BCUT2D eigenvalue weighted by Crippen LogP contribution is 2.14. The van der Waals surface area contributed by atoms with E-state index in [0.717, 1.165) is 6.42 Å². The van der Waals surface area contributed by atoms with Gasteiger partial charge in [-0.25, -0.2) is 4.98 Å². The second-order valence-corrected chi connectivity index (χ2v) is 3.99. The average Bonchev–Trinajstić information content (AvgIpc) is 2.53. The molecular weight excluding hydrogens is 184 g/mol. The molecule has 0 amide bonds. The van der Waals surface area contributed by atoms with Gasteiger partial charge in [0.05, 0.1) is 12.0 Å². The molecule has 0 N–H and O–H groups in total. The summed E-state index contributed by atoms with van der Waals surface area (Å²) in [7, 11) is 2.03. The molecule has 2 rings (SSSR count). The van der Waals surface area contributed by atoms with Crippen LogP contribution in [0.5, 0.6) is 0 Å². The summed E-state index contributed by atoms with van der Waals surface area (Å²) in [5, 5.41) is 0. The number of hydrogen-bond donors (Lipinski definition) is 0. The lowest BCUT2D eigenvalue weighted by atomic mass is 10.0. The van der Waals surface area contributed by atoms with Gasteiger partial charge >= 0.3 is 0 Å². The third kappa shape index (κ3) is 1.94. The molecular formula is C13H16N2. The molecule has 0 saturated carbocycles. The standard InChI is InChI=1S/C13H16N2/c1-10-6-4-5-7-12(10)8-13-11(2)15(3)9-14-13/h4-7,9H,8H2,1-3H3. The minimum Gasteiger partial charge on any atom is -0.338 e. The first-order valence-corrected chi connectivity index (χ1v) is 5.20. The molecule has 0 saturated heterocycles. The Balaban J connectivity index is 2.30. The van der Waals surface area contributed by atoms with Crippen molar-refractivity contribution in [2.45, 2.75) is 20.3 Å². The van der Waals surface area contributed by atoms with Crippen molar-refractivity contribution in [1.82, 2.24) is 9.55 Å². The molecule has 0 fully saturated rings. The van der Waals surface area contributed by atoms with Gasteiger partial charge in [0.25, 0.3) is 0 Å². The quantitative estimate of drug-likeness (QED) is 0.728. The molecule has 0 aliphatic carbocycles. The first-order valence-electron chi connectivity index (χ1n) is 5.20. The van der Waals surface area contributed by atoms with Crippen LogP contribution in [0.25, 0.3) is 0 Å². The molecule has 2 heteroatoms. The molecule has 0 spiro atoms. The lowest BCUT2D eigenvalue weighted by Crippen LogP contribution is -1.95. The molecule has 0 aliphatic heterocycles. The van der Waals surface area contributed by atoms with E-state index in [2.05, 4.69) is 47.7 Å². The first-order chi connectivity index (χ1) is 7.18. The smallest absolute Gasteiger partial charge is 0.0949 e. The molecule has 0 radical (unpaired) electrons. The van der Waals surface area contributed by atoms with Crippen molar-refractivity contribution in [3.63, 3.8) is 0 Å². The molecule has 78 valence electrons. The van der Waals surface area contributed by atoms with Gasteiger partial charge in [-0.05, 0) is 25.0 Å². The van der Waals surface area contributed by atoms with Crippen LogP contribution >= 0.6 is 0 Å². The molecule has 2 aromatic rings. The molecule has 1 heterocycles. The van der Waals surface area contributed by atoms with E-state index in [-0.39, 0.29) is 0 Å². The Morgan fingerprint density at radius 2 is 1.93 bits per heavy atom. The van der Waals surface area contributed by atoms with Crippen molar-refractivity contribution >= 4 is 0 Å². The zero-order valence-corrected chi connectivity index (χ0v) is 9.49. The van der Waals surface area contributed by atoms with Crippen LogP contribution in [-0.2, 0) is 13.5 Å². The van der Waals surface area contributed by atoms with E-state index in [1.54, 1.807) is 0 Å². The van der Waals surface area contributed by atoms with Crippen LogP contribution in [0.1, 0.15) is 22.5 Å². The zero-order chi connectivity index (χ0) is 10.8. The fourth-order valence-corrected chi connectivity index (χ4v) is 1.70. The van der Waals surface area contributed by atoms with E-state index >= 15 is 0 Å². The summed E-state index contributed by atoms with van der Waals surface area (Å²) in [4.78, 5) is 4.41. The summed E-state index contributed by atoms with van der Waals surface area (Å²) in [6, 6.07) is 8.47. The highest BCUT2D eigenvalue weighted by Gasteiger charge is 2.06. The van der Waals surface area contributed by atoms with Crippen LogP contribution < -0.4 is 0 Å². The highest BCUT2D eigenvalue weighted by atomic mass is 15.0. The van der Waals surface area contributed by atoms with Crippen molar-refractivity contribution in [1.29, 1.82) is 0 Å². The molecule has 0 bridgehead atoms. The second-order valence-electron chi connectivity index (χ2n) is 3.99. The van der Waals surface area contributed by atoms with Gasteiger partial charge in [-0.15, -0.1) is 0 Å². The summed E-state index contributed by atoms with van der Waals surface area (Å²) < 4.78 is 2.06. The topological polar surface area (TPSA) is 17.8 Å². The van der Waals surface area contributed by atoms with Crippen LogP contribution in [0.3, 0.4) is 0 Å². The number of nitrogens with zero attached hydrogens (tertiary/aromatic N) is 2. The predicted octanol–water partition coefficient (Wildman–Crippen LogP) is 2.63. The van der Waals surface area contributed by atoms with Crippen LogP contribution in [0.2, 0.25) is 0 Å². The number of aromatic nitrogens is 2. The van der Waals surface area contributed by atoms with Crippen molar-refractivity contribution in [3.8, 4) is 0 Å². The van der Waals surface area contributed by atoms with Crippen LogP contribution in [0.4, 0.5) is 0 Å². The predicted molar refractivity (Wildman–Crippen MR) is 61.9 cm³/mol. The minimum absolute atomic E-state index is 0.930. The van der Waals surface area contributed by atoms with E-state index in [0.29, 0.717) is 0 Å². The first kappa shape index (κ1) is 9.97. The van der Waals surface area contributed by atoms with Gasteiger partial charge in [0.15, 0.2) is 0 Å². The third-order valence-corrected chi connectivity index (χ3v) is 2.95. The SMILES string of the molecule is Cc1ccccc1Cc1ncn(C)c1C. The van der Waals surface area contributed by atoms with Crippen LogP contribution in [-0.4, -0.2) is 9.55 Å². The van der Waals surface area contributed by atoms with E-state index in [1.807, 2.05) is 13.4 Å². The fraction of sp³-hybridized carbons (Fsp3) is 0.308. The Hall–Kier alpha value is -1.57. The van der Waals surface area contributed by atoms with Crippen molar-refractivity contribution in [3.05, 3.63) is 53.1 Å². The van der Waals surface area contributed by atoms with Crippen molar-refractivity contribution < 1.29 is 0 Å². The monoisotopic (exact) mass is 200 g/mol. The summed E-state index contributed by atoms with van der Waals surface area (Å²) in [6.45, 7) is 4.26. The molecule has 0 atom stereocenters. The fourth-order valence-electron chi connectivity index (χ4n) is 1.70. The summed E-state index contributed by atoms with van der Waals surface area (Å²) in [5.41, 5.74) is 5.12. The normalized spacial score (nSPS) is 10.6. The van der Waals surface area contributed by atoms with Gasteiger partial charge in [0.1, 0.15) is 0 Å². The Kier molecular flexibility index (Phi) is 2.58. The van der Waals surface area contributed by atoms with Gasteiger partial charge in [0, 0.05) is 19.2 Å². The van der Waals surface area contributed by atoms with Gasteiger partial charge in [0.2, 0.25) is 0 Å². The van der Waals surface area contributed by atoms with Crippen LogP contribution in [0.15, 0.2) is 30.6 Å². The summed E-state index contributed by atoms with van der Waals surface area (Å²) in [6.07, 6.45) is 2.81. The van der Waals surface area contributed by atoms with Crippen LogP contribution in [0, 0.1) is 13.8 Å². The molecule has 2 nitrogen and oxygen atoms in total. The molecule has 1 aromatic heterocycles. The maximum absolute atomic E-state index is 4.41. The number of rotatable bonds is 2. The van der Waals surface area contributed by atoms with Gasteiger partial charge in [-0.2, -0.15) is 0 Å². The Labute approximate surface area is 90.6 Å². The van der Waals surface area contributed by atoms with Gasteiger partial charge < -0.3 is 4.57 Å². The molecule has 1 aromatic carbocycles. The lowest BCUT2D eigenvalue weighted by Gasteiger charge is -2.04. The summed E-state index contributed by atoms with van der Waals surface area (Å²) >= 11 is 0. The second kappa shape index (κ2) is 3.89. The maximum atomic E-state index is 4.41. The highest BCUT2D eigenvalue weighted by molar-refractivity contribution is 5.30. The number of hydrogen-bond acceptors (Lipinski definition) is 1. The van der Waals surface area contributed by atoms with Gasteiger partial charge in [-0.3, -0.25) is 0 Å². The molecule has 0 unspecified atom stereocenters. The Bertz CT molecular complexity index is 469. The van der Waals surface area contributed by atoms with E-state index in [9.17, 15) is 0 Å². The average molecular weight is 200 g/mol. The minimum atomic E-state index is 0.930.